The Balaban J connectivity index is 1.81. The van der Waals surface area contributed by atoms with Crippen LogP contribution in [-0.4, -0.2) is 41.9 Å². The Morgan fingerprint density at radius 1 is 1.56 bits per heavy atom. The lowest BCUT2D eigenvalue weighted by Crippen LogP contribution is -2.21. The minimum Gasteiger partial charge on any atom is -0.384 e. The van der Waals surface area contributed by atoms with Crippen molar-refractivity contribution in [3.05, 3.63) is 17.5 Å². The quantitative estimate of drug-likeness (QED) is 0.841. The summed E-state index contributed by atoms with van der Waals surface area (Å²) < 4.78 is 5.23. The zero-order chi connectivity index (χ0) is 13.0. The fourth-order valence-electron chi connectivity index (χ4n) is 2.68. The lowest BCUT2D eigenvalue weighted by atomic mass is 10.1. The van der Waals surface area contributed by atoms with Crippen molar-refractivity contribution < 1.29 is 4.74 Å². The first-order chi connectivity index (χ1) is 8.67. The average Bonchev–Trinajstić information content (AvgIpc) is 2.89. The molecule has 18 heavy (non-hydrogen) atoms. The van der Waals surface area contributed by atoms with Gasteiger partial charge in [0.05, 0.1) is 12.3 Å². The van der Waals surface area contributed by atoms with Gasteiger partial charge in [-0.2, -0.15) is 5.10 Å². The Hall–Kier alpha value is -0.870. The van der Waals surface area contributed by atoms with Crippen LogP contribution in [0.25, 0.3) is 0 Å². The predicted molar refractivity (Wildman–Crippen MR) is 72.4 cm³/mol. The molecule has 0 aliphatic carbocycles. The van der Waals surface area contributed by atoms with Crippen LogP contribution in [0.15, 0.2) is 6.07 Å². The second-order valence-corrected chi connectivity index (χ2v) is 5.83. The van der Waals surface area contributed by atoms with Gasteiger partial charge in [-0.3, -0.25) is 10.00 Å². The Kier molecular flexibility index (Phi) is 4.78. The normalized spacial score (nSPS) is 21.0. The number of aromatic amines is 1. The van der Waals surface area contributed by atoms with Gasteiger partial charge in [-0.05, 0) is 37.3 Å². The first kappa shape index (κ1) is 13.6. The first-order valence-corrected chi connectivity index (χ1v) is 6.91. The molecule has 1 aliphatic rings. The number of H-pyrrole nitrogens is 1. The summed E-state index contributed by atoms with van der Waals surface area (Å²) in [6, 6.07) is 2.21. The Labute approximate surface area is 110 Å². The summed E-state index contributed by atoms with van der Waals surface area (Å²) >= 11 is 0. The minimum atomic E-state index is 0.666. The fraction of sp³-hybridized carbons (Fsp3) is 0.786. The second-order valence-electron chi connectivity index (χ2n) is 5.83. The highest BCUT2D eigenvalue weighted by Gasteiger charge is 2.22. The van der Waals surface area contributed by atoms with E-state index in [9.17, 15) is 0 Å². The van der Waals surface area contributed by atoms with Crippen molar-refractivity contribution in [1.29, 1.82) is 0 Å². The molecule has 102 valence electrons. The molecule has 0 bridgehead atoms. The molecule has 1 N–H and O–H groups in total. The molecule has 0 spiro atoms. The number of hydrogen-bond donors (Lipinski definition) is 1. The van der Waals surface area contributed by atoms with E-state index in [2.05, 4.69) is 35.0 Å². The van der Waals surface area contributed by atoms with Gasteiger partial charge in [0.15, 0.2) is 0 Å². The maximum atomic E-state index is 5.23. The lowest BCUT2D eigenvalue weighted by molar-refractivity contribution is 0.152. The van der Waals surface area contributed by atoms with Gasteiger partial charge < -0.3 is 4.74 Å². The third-order valence-corrected chi connectivity index (χ3v) is 3.47. The summed E-state index contributed by atoms with van der Waals surface area (Å²) in [6.07, 6.45) is 2.31. The maximum Gasteiger partial charge on any atom is 0.0628 e. The molecule has 1 aromatic rings. The van der Waals surface area contributed by atoms with Crippen molar-refractivity contribution in [2.24, 2.45) is 11.8 Å². The molecule has 4 nitrogen and oxygen atoms in total. The SMILES string of the molecule is COCC1CCN(Cc2cc(CC(C)C)n[nH]2)C1. The van der Waals surface area contributed by atoms with Gasteiger partial charge in [0.2, 0.25) is 0 Å². The number of aromatic nitrogens is 2. The molecule has 1 atom stereocenters. The summed E-state index contributed by atoms with van der Waals surface area (Å²) in [5.74, 6) is 1.37. The molecule has 4 heteroatoms. The molecule has 0 saturated carbocycles. The van der Waals surface area contributed by atoms with Crippen molar-refractivity contribution >= 4 is 0 Å². The van der Waals surface area contributed by atoms with Crippen LogP contribution in [0.1, 0.15) is 31.7 Å². The topological polar surface area (TPSA) is 41.1 Å². The zero-order valence-electron chi connectivity index (χ0n) is 11.8. The van der Waals surface area contributed by atoms with Crippen LogP contribution in [0.4, 0.5) is 0 Å². The van der Waals surface area contributed by atoms with Crippen LogP contribution in [0, 0.1) is 11.8 Å². The molecule has 1 aromatic heterocycles. The smallest absolute Gasteiger partial charge is 0.0628 e. The van der Waals surface area contributed by atoms with Crippen molar-refractivity contribution in [2.75, 3.05) is 26.8 Å². The zero-order valence-corrected chi connectivity index (χ0v) is 11.8. The molecule has 1 fully saturated rings. The molecular weight excluding hydrogens is 226 g/mol. The number of nitrogens with zero attached hydrogens (tertiary/aromatic N) is 2. The van der Waals surface area contributed by atoms with E-state index >= 15 is 0 Å². The van der Waals surface area contributed by atoms with Crippen LogP contribution in [0.2, 0.25) is 0 Å². The minimum absolute atomic E-state index is 0.666. The Bertz CT molecular complexity index is 362. The van der Waals surface area contributed by atoms with E-state index in [0.29, 0.717) is 11.8 Å². The van der Waals surface area contributed by atoms with E-state index in [-0.39, 0.29) is 0 Å². The Morgan fingerprint density at radius 3 is 3.11 bits per heavy atom. The van der Waals surface area contributed by atoms with E-state index in [1.54, 1.807) is 7.11 Å². The van der Waals surface area contributed by atoms with Gasteiger partial charge in [0.1, 0.15) is 0 Å². The number of methoxy groups -OCH3 is 1. The largest absolute Gasteiger partial charge is 0.384 e. The maximum absolute atomic E-state index is 5.23. The van der Waals surface area contributed by atoms with Gasteiger partial charge in [-0.1, -0.05) is 13.8 Å². The van der Waals surface area contributed by atoms with Gasteiger partial charge in [-0.25, -0.2) is 0 Å². The fourth-order valence-corrected chi connectivity index (χ4v) is 2.68. The van der Waals surface area contributed by atoms with E-state index in [1.165, 1.54) is 24.4 Å². The van der Waals surface area contributed by atoms with Gasteiger partial charge in [0, 0.05) is 25.9 Å². The highest BCUT2D eigenvalue weighted by Crippen LogP contribution is 2.18. The molecule has 2 heterocycles. The molecule has 1 aliphatic heterocycles. The molecule has 0 radical (unpaired) electrons. The second kappa shape index (κ2) is 6.34. The molecular formula is C14H25N3O. The molecule has 1 unspecified atom stereocenters. The molecule has 0 amide bonds. The number of hydrogen-bond acceptors (Lipinski definition) is 3. The summed E-state index contributed by atoms with van der Waals surface area (Å²) in [5, 5.41) is 7.54. The first-order valence-electron chi connectivity index (χ1n) is 6.91. The van der Waals surface area contributed by atoms with Crippen LogP contribution < -0.4 is 0 Å². The lowest BCUT2D eigenvalue weighted by Gasteiger charge is -2.14. The monoisotopic (exact) mass is 251 g/mol. The molecule has 1 saturated heterocycles. The van der Waals surface area contributed by atoms with Crippen LogP contribution >= 0.6 is 0 Å². The van der Waals surface area contributed by atoms with E-state index < -0.39 is 0 Å². The summed E-state index contributed by atoms with van der Waals surface area (Å²) in [7, 11) is 1.79. The van der Waals surface area contributed by atoms with E-state index in [4.69, 9.17) is 4.74 Å². The summed E-state index contributed by atoms with van der Waals surface area (Å²) in [5.41, 5.74) is 2.43. The highest BCUT2D eigenvalue weighted by atomic mass is 16.5. The standard InChI is InChI=1S/C14H25N3O/c1-11(2)6-13-7-14(16-15-13)9-17-5-4-12(8-17)10-18-3/h7,11-12H,4-6,8-10H2,1-3H3,(H,15,16). The summed E-state index contributed by atoms with van der Waals surface area (Å²) in [6.45, 7) is 8.65. The number of rotatable bonds is 6. The van der Waals surface area contributed by atoms with Crippen molar-refractivity contribution in [3.63, 3.8) is 0 Å². The third-order valence-electron chi connectivity index (χ3n) is 3.47. The van der Waals surface area contributed by atoms with Crippen molar-refractivity contribution in [3.8, 4) is 0 Å². The van der Waals surface area contributed by atoms with Crippen LogP contribution in [0.5, 0.6) is 0 Å². The molecule has 0 aromatic carbocycles. The van der Waals surface area contributed by atoms with Gasteiger partial charge in [0.25, 0.3) is 0 Å². The number of likely N-dealkylation sites (tertiary alicyclic amines) is 1. The third kappa shape index (κ3) is 3.82. The van der Waals surface area contributed by atoms with E-state index in [1.807, 2.05) is 0 Å². The predicted octanol–water partition coefficient (Wildman–Crippen LogP) is 2.08. The number of nitrogens with one attached hydrogen (secondary N) is 1. The van der Waals surface area contributed by atoms with Crippen molar-refractivity contribution in [1.82, 2.24) is 15.1 Å². The molecule has 2 rings (SSSR count). The van der Waals surface area contributed by atoms with Gasteiger partial charge in [-0.15, -0.1) is 0 Å². The summed E-state index contributed by atoms with van der Waals surface area (Å²) in [4.78, 5) is 2.48. The Morgan fingerprint density at radius 2 is 2.39 bits per heavy atom. The van der Waals surface area contributed by atoms with Crippen molar-refractivity contribution in [2.45, 2.75) is 33.2 Å². The highest BCUT2D eigenvalue weighted by molar-refractivity contribution is 5.09. The van der Waals surface area contributed by atoms with Gasteiger partial charge >= 0.3 is 0 Å². The van der Waals surface area contributed by atoms with Crippen LogP contribution in [0.3, 0.4) is 0 Å². The van der Waals surface area contributed by atoms with E-state index in [0.717, 1.165) is 26.1 Å². The average molecular weight is 251 g/mol. The number of ether oxygens (including phenoxy) is 1. The van der Waals surface area contributed by atoms with Crippen LogP contribution in [-0.2, 0) is 17.7 Å².